The summed E-state index contributed by atoms with van der Waals surface area (Å²) in [5.41, 5.74) is 5.23. The van der Waals surface area contributed by atoms with Gasteiger partial charge < -0.3 is 15.7 Å². The van der Waals surface area contributed by atoms with E-state index in [4.69, 9.17) is 27.3 Å². The van der Waals surface area contributed by atoms with Crippen molar-refractivity contribution in [2.45, 2.75) is 19.3 Å². The average molecular weight is 288 g/mol. The van der Waals surface area contributed by atoms with E-state index in [0.29, 0.717) is 30.9 Å². The summed E-state index contributed by atoms with van der Waals surface area (Å²) in [6.07, 6.45) is 1.81. The minimum Gasteiger partial charge on any atom is -0.492 e. The van der Waals surface area contributed by atoms with E-state index >= 15 is 0 Å². The van der Waals surface area contributed by atoms with Crippen LogP contribution in [0.4, 0.5) is 5.69 Å². The lowest BCUT2D eigenvalue weighted by molar-refractivity contribution is -0.384. The van der Waals surface area contributed by atoms with Gasteiger partial charge >= 0.3 is 0 Å². The Hall–Kier alpha value is -2.02. The third kappa shape index (κ3) is 5.01. The number of unbranched alkanes of at least 4 members (excludes halogenated alkanes) is 1. The Morgan fingerprint density at radius 3 is 2.89 bits per heavy atom. The van der Waals surface area contributed by atoms with Gasteiger partial charge in [-0.2, -0.15) is 0 Å². The zero-order valence-electron chi connectivity index (χ0n) is 10.1. The maximum absolute atomic E-state index is 10.6. The van der Waals surface area contributed by atoms with Crippen LogP contribution < -0.4 is 10.5 Å². The normalized spacial score (nSPS) is 11.3. The summed E-state index contributed by atoms with van der Waals surface area (Å²) in [7, 11) is 0. The maximum Gasteiger partial charge on any atom is 0.273 e. The monoisotopic (exact) mass is 287 g/mol. The molecule has 0 heterocycles. The number of rotatable bonds is 7. The van der Waals surface area contributed by atoms with Gasteiger partial charge in [0.2, 0.25) is 0 Å². The van der Waals surface area contributed by atoms with E-state index in [1.807, 2.05) is 0 Å². The van der Waals surface area contributed by atoms with Crippen molar-refractivity contribution in [3.63, 3.8) is 0 Å². The second kappa shape index (κ2) is 7.42. The molecule has 0 spiro atoms. The molecule has 0 aromatic heterocycles. The number of ether oxygens (including phenoxy) is 1. The SMILES string of the molecule is NC(CCCCOc1cc([N+](=O)[O-])ccc1Cl)=NO. The summed E-state index contributed by atoms with van der Waals surface area (Å²) in [4.78, 5) is 10.1. The number of oxime groups is 1. The highest BCUT2D eigenvalue weighted by Gasteiger charge is 2.10. The molecule has 0 fully saturated rings. The fraction of sp³-hybridized carbons (Fsp3) is 0.364. The second-order valence-corrected chi connectivity index (χ2v) is 4.18. The highest BCUT2D eigenvalue weighted by atomic mass is 35.5. The number of halogens is 1. The van der Waals surface area contributed by atoms with Crippen LogP contribution in [0.25, 0.3) is 0 Å². The summed E-state index contributed by atoms with van der Waals surface area (Å²) in [5, 5.41) is 22.1. The van der Waals surface area contributed by atoms with E-state index in [-0.39, 0.29) is 17.3 Å². The van der Waals surface area contributed by atoms with Crippen LogP contribution in [0.5, 0.6) is 5.75 Å². The standard InChI is InChI=1S/C11H14ClN3O4/c12-9-5-4-8(15(17)18)7-10(9)19-6-2-1-3-11(13)14-16/h4-5,7,16H,1-3,6H2,(H2,13,14). The number of nitro benzene ring substituents is 1. The van der Waals surface area contributed by atoms with Crippen LogP contribution in [0.1, 0.15) is 19.3 Å². The van der Waals surface area contributed by atoms with E-state index in [1.165, 1.54) is 18.2 Å². The van der Waals surface area contributed by atoms with Gasteiger partial charge in [0.25, 0.3) is 5.69 Å². The number of nitro groups is 1. The van der Waals surface area contributed by atoms with Crippen molar-refractivity contribution in [3.05, 3.63) is 33.3 Å². The molecule has 8 heteroatoms. The van der Waals surface area contributed by atoms with Gasteiger partial charge in [-0.25, -0.2) is 0 Å². The molecule has 1 aromatic carbocycles. The molecule has 1 rings (SSSR count). The van der Waals surface area contributed by atoms with Gasteiger partial charge in [-0.15, -0.1) is 0 Å². The van der Waals surface area contributed by atoms with Crippen LogP contribution in [-0.4, -0.2) is 22.6 Å². The molecule has 0 atom stereocenters. The largest absolute Gasteiger partial charge is 0.492 e. The van der Waals surface area contributed by atoms with Crippen molar-refractivity contribution in [1.29, 1.82) is 0 Å². The molecule has 0 saturated heterocycles. The number of non-ortho nitro benzene ring substituents is 1. The molecule has 0 radical (unpaired) electrons. The van der Waals surface area contributed by atoms with Gasteiger partial charge in [0.05, 0.1) is 22.6 Å². The lowest BCUT2D eigenvalue weighted by atomic mass is 10.2. The molecule has 0 unspecified atom stereocenters. The van der Waals surface area contributed by atoms with Crippen molar-refractivity contribution < 1.29 is 14.9 Å². The predicted octanol–water partition coefficient (Wildman–Crippen LogP) is 2.54. The molecule has 0 aliphatic rings. The molecule has 0 aliphatic carbocycles. The van der Waals surface area contributed by atoms with E-state index < -0.39 is 4.92 Å². The van der Waals surface area contributed by atoms with Gasteiger partial charge in [0.15, 0.2) is 0 Å². The second-order valence-electron chi connectivity index (χ2n) is 3.77. The van der Waals surface area contributed by atoms with Gasteiger partial charge in [-0.05, 0) is 18.9 Å². The number of hydrogen-bond acceptors (Lipinski definition) is 5. The van der Waals surface area contributed by atoms with Gasteiger partial charge in [0.1, 0.15) is 11.6 Å². The van der Waals surface area contributed by atoms with Crippen LogP contribution in [0.15, 0.2) is 23.4 Å². The third-order valence-electron chi connectivity index (χ3n) is 2.34. The molecule has 3 N–H and O–H groups in total. The van der Waals surface area contributed by atoms with Crippen molar-refractivity contribution in [2.75, 3.05) is 6.61 Å². The minimum absolute atomic E-state index is 0.0731. The number of nitrogens with two attached hydrogens (primary N) is 1. The van der Waals surface area contributed by atoms with Gasteiger partial charge in [-0.3, -0.25) is 10.1 Å². The van der Waals surface area contributed by atoms with Crippen LogP contribution in [0.3, 0.4) is 0 Å². The topological polar surface area (TPSA) is 111 Å². The molecule has 0 bridgehead atoms. The highest BCUT2D eigenvalue weighted by Crippen LogP contribution is 2.28. The first kappa shape index (κ1) is 15.0. The highest BCUT2D eigenvalue weighted by molar-refractivity contribution is 6.32. The number of benzene rings is 1. The van der Waals surface area contributed by atoms with E-state index in [1.54, 1.807) is 0 Å². The van der Waals surface area contributed by atoms with E-state index in [0.717, 1.165) is 0 Å². The number of amidine groups is 1. The Kier molecular flexibility index (Phi) is 5.87. The molecule has 0 amide bonds. The summed E-state index contributed by atoms with van der Waals surface area (Å²) >= 11 is 5.87. The number of nitrogens with zero attached hydrogens (tertiary/aromatic N) is 2. The van der Waals surface area contributed by atoms with Crippen molar-refractivity contribution in [2.24, 2.45) is 10.9 Å². The maximum atomic E-state index is 10.6. The summed E-state index contributed by atoms with van der Waals surface area (Å²) < 4.78 is 5.36. The summed E-state index contributed by atoms with van der Waals surface area (Å²) in [6, 6.07) is 4.02. The van der Waals surface area contributed by atoms with Crippen LogP contribution in [0, 0.1) is 10.1 Å². The smallest absolute Gasteiger partial charge is 0.273 e. The Bertz CT molecular complexity index is 479. The van der Waals surface area contributed by atoms with Crippen molar-refractivity contribution in [3.8, 4) is 5.75 Å². The number of hydrogen-bond donors (Lipinski definition) is 2. The first-order valence-corrected chi connectivity index (χ1v) is 5.95. The quantitative estimate of drug-likeness (QED) is 0.200. The van der Waals surface area contributed by atoms with Crippen LogP contribution in [-0.2, 0) is 0 Å². The summed E-state index contributed by atoms with van der Waals surface area (Å²) in [6.45, 7) is 0.347. The third-order valence-corrected chi connectivity index (χ3v) is 2.65. The Morgan fingerprint density at radius 2 is 2.26 bits per heavy atom. The lowest BCUT2D eigenvalue weighted by Crippen LogP contribution is -2.11. The molecular formula is C11H14ClN3O4. The Labute approximate surface area is 114 Å². The lowest BCUT2D eigenvalue weighted by Gasteiger charge is -2.07. The van der Waals surface area contributed by atoms with Gasteiger partial charge in [0, 0.05) is 12.5 Å². The Balaban J connectivity index is 2.44. The molecule has 19 heavy (non-hydrogen) atoms. The van der Waals surface area contributed by atoms with Crippen molar-refractivity contribution in [1.82, 2.24) is 0 Å². The van der Waals surface area contributed by atoms with Crippen LogP contribution in [0.2, 0.25) is 5.02 Å². The van der Waals surface area contributed by atoms with Crippen molar-refractivity contribution >= 4 is 23.1 Å². The van der Waals surface area contributed by atoms with E-state index in [9.17, 15) is 10.1 Å². The van der Waals surface area contributed by atoms with Crippen LogP contribution >= 0.6 is 11.6 Å². The van der Waals surface area contributed by atoms with E-state index in [2.05, 4.69) is 5.16 Å². The molecule has 104 valence electrons. The fourth-order valence-corrected chi connectivity index (χ4v) is 1.53. The van der Waals surface area contributed by atoms with Gasteiger partial charge in [-0.1, -0.05) is 16.8 Å². The first-order valence-electron chi connectivity index (χ1n) is 5.57. The Morgan fingerprint density at radius 1 is 1.53 bits per heavy atom. The first-order chi connectivity index (χ1) is 9.04. The average Bonchev–Trinajstić information content (AvgIpc) is 2.39. The molecule has 0 saturated carbocycles. The zero-order valence-corrected chi connectivity index (χ0v) is 10.8. The summed E-state index contributed by atoms with van der Waals surface area (Å²) in [5.74, 6) is 0.438. The predicted molar refractivity (Wildman–Crippen MR) is 70.9 cm³/mol. The molecule has 7 nitrogen and oxygen atoms in total. The molecule has 1 aromatic rings. The molecular weight excluding hydrogens is 274 g/mol. The fourth-order valence-electron chi connectivity index (χ4n) is 1.36. The molecule has 0 aliphatic heterocycles. The minimum atomic E-state index is -0.512. The zero-order chi connectivity index (χ0) is 14.3.